The first kappa shape index (κ1) is 19.5. The molecule has 18 heavy (non-hydrogen) atoms. The first-order valence-electron chi connectivity index (χ1n) is 5.72. The van der Waals surface area contributed by atoms with Crippen LogP contribution in [0.15, 0.2) is 24.3 Å². The number of halogens is 2. The molecule has 0 spiro atoms. The molecule has 1 radical (unpaired) electrons. The molecule has 0 saturated carbocycles. The first-order valence-corrected chi connectivity index (χ1v) is 14.6. The van der Waals surface area contributed by atoms with Crippen LogP contribution in [0.4, 0.5) is 0 Å². The third-order valence-electron chi connectivity index (χ3n) is 2.57. The van der Waals surface area contributed by atoms with Crippen molar-refractivity contribution in [1.82, 2.24) is 0 Å². The van der Waals surface area contributed by atoms with E-state index in [2.05, 4.69) is 57.3 Å². The van der Waals surface area contributed by atoms with Gasteiger partial charge in [-0.1, -0.05) is 0 Å². The molecule has 0 aromatic heterocycles. The molecule has 1 rings (SSSR count). The van der Waals surface area contributed by atoms with E-state index in [0.29, 0.717) is 5.44 Å². The summed E-state index contributed by atoms with van der Waals surface area (Å²) in [7, 11) is 1.77. The van der Waals surface area contributed by atoms with Crippen molar-refractivity contribution in [3.05, 3.63) is 29.8 Å². The molecule has 2 N–H and O–H groups in total. The Kier molecular flexibility index (Phi) is 11.1. The Morgan fingerprint density at radius 1 is 1.44 bits per heavy atom. The number of hydrogen-bond donors (Lipinski definition) is 1. The Bertz CT molecular complexity index is 353. The third-order valence-corrected chi connectivity index (χ3v) is 10.7. The molecule has 103 valence electrons. The van der Waals surface area contributed by atoms with E-state index < -0.39 is 20.2 Å². The maximum atomic E-state index is 6.22. The molecule has 0 amide bonds. The zero-order chi connectivity index (χ0) is 12.8. The molecule has 1 aromatic carbocycles. The van der Waals surface area contributed by atoms with Crippen LogP contribution in [0.25, 0.3) is 0 Å². The zero-order valence-electron chi connectivity index (χ0n) is 10.9. The Labute approximate surface area is 144 Å². The topological polar surface area (TPSA) is 35.2 Å². The predicted molar refractivity (Wildman–Crippen MR) is 97.4 cm³/mol. The Morgan fingerprint density at radius 2 is 2.06 bits per heavy atom. The van der Waals surface area contributed by atoms with Crippen molar-refractivity contribution in [2.24, 2.45) is 5.73 Å². The molecule has 0 heterocycles. The van der Waals surface area contributed by atoms with Gasteiger partial charge in [0.2, 0.25) is 0 Å². The standard InChI is InChI=1S/C8H10N.C3H6IOS.CH3.BrH.Sn/c1-7(9)8-5-3-2-4-6-8;1-2-3(5)6-4;;;/h2-5,7H,9H2,1H3;3H,2H2,1H3;1H3;1H;/q;-1;;;+1. The van der Waals surface area contributed by atoms with Crippen molar-refractivity contribution < 1.29 is 3.07 Å². The molecule has 0 aliphatic carbocycles. The van der Waals surface area contributed by atoms with Crippen molar-refractivity contribution >= 4 is 70.9 Å². The zero-order valence-corrected chi connectivity index (χ0v) is 18.4. The van der Waals surface area contributed by atoms with Gasteiger partial charge < -0.3 is 0 Å². The summed E-state index contributed by atoms with van der Waals surface area (Å²) in [5, 5.41) is 0. The molecular formula is C12H20BrINOSSn. The molecule has 2 atom stereocenters. The van der Waals surface area contributed by atoms with E-state index in [-0.39, 0.29) is 23.0 Å². The second-order valence-electron chi connectivity index (χ2n) is 3.98. The molecule has 2 unspecified atom stereocenters. The molecule has 2 nitrogen and oxygen atoms in total. The van der Waals surface area contributed by atoms with Gasteiger partial charge in [-0.2, -0.15) is 0 Å². The third kappa shape index (κ3) is 5.86. The van der Waals surface area contributed by atoms with Gasteiger partial charge in [0.1, 0.15) is 0 Å². The minimum absolute atomic E-state index is 0. The van der Waals surface area contributed by atoms with Gasteiger partial charge in [0.15, 0.2) is 0 Å². The fourth-order valence-electron chi connectivity index (χ4n) is 1.64. The summed E-state index contributed by atoms with van der Waals surface area (Å²) in [6.07, 6.45) is 1.06. The molecule has 1 aromatic rings. The van der Waals surface area contributed by atoms with Gasteiger partial charge in [-0.15, -0.1) is 17.0 Å². The summed E-state index contributed by atoms with van der Waals surface area (Å²) in [6.45, 7) is 4.21. The van der Waals surface area contributed by atoms with E-state index in [1.54, 1.807) is 8.93 Å². The van der Waals surface area contributed by atoms with Crippen LogP contribution in [0.3, 0.4) is 0 Å². The van der Waals surface area contributed by atoms with E-state index in [4.69, 9.17) is 8.81 Å². The van der Waals surface area contributed by atoms with Crippen molar-refractivity contribution in [3.8, 4) is 0 Å². The van der Waals surface area contributed by atoms with E-state index in [0.717, 1.165) is 6.42 Å². The van der Waals surface area contributed by atoms with E-state index in [1.165, 1.54) is 9.14 Å². The molecule has 0 bridgehead atoms. The summed E-state index contributed by atoms with van der Waals surface area (Å²) in [5.74, 6) is 0. The van der Waals surface area contributed by atoms with E-state index in [1.807, 2.05) is 6.92 Å². The Morgan fingerprint density at radius 3 is 2.56 bits per heavy atom. The predicted octanol–water partition coefficient (Wildman–Crippen LogP) is 3.95. The number of hydrogen-bond acceptors (Lipinski definition) is 3. The van der Waals surface area contributed by atoms with Crippen LogP contribution in [0.5, 0.6) is 0 Å². The summed E-state index contributed by atoms with van der Waals surface area (Å²) < 4.78 is 7.62. The van der Waals surface area contributed by atoms with Gasteiger partial charge in [0.05, 0.1) is 0 Å². The fourth-order valence-corrected chi connectivity index (χ4v) is 11.2. The number of benzene rings is 1. The van der Waals surface area contributed by atoms with Crippen LogP contribution in [0.2, 0.25) is 4.94 Å². The van der Waals surface area contributed by atoms with Crippen molar-refractivity contribution in [3.63, 3.8) is 0 Å². The van der Waals surface area contributed by atoms with Gasteiger partial charge in [-0.3, -0.25) is 0 Å². The van der Waals surface area contributed by atoms with E-state index >= 15 is 0 Å². The van der Waals surface area contributed by atoms with Crippen molar-refractivity contribution in [2.75, 3.05) is 0 Å². The normalized spacial score (nSPS) is 14.1. The summed E-state index contributed by atoms with van der Waals surface area (Å²) in [4.78, 5) is 2.29. The van der Waals surface area contributed by atoms with Crippen LogP contribution in [-0.4, -0.2) is 25.6 Å². The van der Waals surface area contributed by atoms with Crippen LogP contribution in [0.1, 0.15) is 31.9 Å². The average molecular weight is 552 g/mol. The van der Waals surface area contributed by atoms with Gasteiger partial charge in [-0.25, -0.2) is 0 Å². The first-order chi connectivity index (χ1) is 8.10. The SMILES string of the molecule is Br.CCC([O][Sn]([CH3])[c]1ccccc1C(C)N)SI. The van der Waals surface area contributed by atoms with Gasteiger partial charge in [0, 0.05) is 0 Å². The molecule has 0 fully saturated rings. The molecule has 0 aliphatic heterocycles. The molecule has 0 saturated heterocycles. The van der Waals surface area contributed by atoms with Gasteiger partial charge in [-0.05, 0) is 0 Å². The fraction of sp³-hybridized carbons (Fsp3) is 0.500. The molecule has 6 heteroatoms. The van der Waals surface area contributed by atoms with Gasteiger partial charge >= 0.3 is 129 Å². The Balaban J connectivity index is 0.00000289. The maximum absolute atomic E-state index is 6.22. The van der Waals surface area contributed by atoms with Crippen LogP contribution >= 0.6 is 47.1 Å². The molecule has 0 aliphatic rings. The van der Waals surface area contributed by atoms with Gasteiger partial charge in [0.25, 0.3) is 0 Å². The quantitative estimate of drug-likeness (QED) is 0.330. The van der Waals surface area contributed by atoms with Crippen molar-refractivity contribution in [1.29, 1.82) is 0 Å². The average Bonchev–Trinajstić information content (AvgIpc) is 2.35. The monoisotopic (exact) mass is 552 g/mol. The van der Waals surface area contributed by atoms with Crippen LogP contribution in [-0.2, 0) is 3.07 Å². The molecular weight excluding hydrogens is 532 g/mol. The summed E-state index contributed by atoms with van der Waals surface area (Å²) in [6, 6.07) is 8.57. The summed E-state index contributed by atoms with van der Waals surface area (Å²) >= 11 is 0.368. The summed E-state index contributed by atoms with van der Waals surface area (Å²) in [5.41, 5.74) is 7.61. The second-order valence-corrected chi connectivity index (χ2v) is 11.6. The second kappa shape index (κ2) is 10.3. The van der Waals surface area contributed by atoms with E-state index in [9.17, 15) is 0 Å². The van der Waals surface area contributed by atoms with Crippen molar-refractivity contribution in [2.45, 2.75) is 36.7 Å². The van der Waals surface area contributed by atoms with Crippen LogP contribution < -0.4 is 9.31 Å². The minimum atomic E-state index is -1.95. The number of nitrogens with two attached hydrogens (primary N) is 1. The Hall–Kier alpha value is 1.50. The number of rotatable bonds is 6. The van der Waals surface area contributed by atoms with Crippen LogP contribution in [0, 0.1) is 0 Å².